The van der Waals surface area contributed by atoms with Gasteiger partial charge in [0.2, 0.25) is 0 Å². The molecule has 0 atom stereocenters. The minimum Gasteiger partial charge on any atom is -0.280 e. The molecule has 148 valence electrons. The van der Waals surface area contributed by atoms with Gasteiger partial charge in [-0.25, -0.2) is 8.42 Å². The average Bonchev–Trinajstić information content (AvgIpc) is 2.70. The first kappa shape index (κ1) is 20.0. The Balaban J connectivity index is 1.66. The number of hydrogen-bond donors (Lipinski definition) is 2. The Bertz CT molecular complexity index is 1140. The molecule has 0 aromatic heterocycles. The SMILES string of the molecule is Cc1ccc(S(=O)(=O)Nc2ccc(N/N=C/c3ccccc3[N+](=O)[O-])cc2)cc1. The molecular formula is C20H18N4O4S. The predicted octanol–water partition coefficient (Wildman–Crippen LogP) is 4.15. The standard InChI is InChI=1S/C20H18N4O4S/c1-15-6-12-19(13-7-15)29(27,28)23-18-10-8-17(9-11-18)22-21-14-16-4-2-3-5-20(16)24(25)26/h2-14,22-23H,1H3/b21-14+. The molecule has 8 nitrogen and oxygen atoms in total. The van der Waals surface area contributed by atoms with Gasteiger partial charge in [-0.15, -0.1) is 0 Å². The summed E-state index contributed by atoms with van der Waals surface area (Å²) in [5.74, 6) is 0. The second kappa shape index (κ2) is 8.53. The van der Waals surface area contributed by atoms with E-state index in [1.165, 1.54) is 12.3 Å². The maximum atomic E-state index is 12.4. The van der Waals surface area contributed by atoms with Gasteiger partial charge in [-0.3, -0.25) is 20.3 Å². The molecule has 0 fully saturated rings. The smallest absolute Gasteiger partial charge is 0.278 e. The summed E-state index contributed by atoms with van der Waals surface area (Å²) in [6.45, 7) is 1.88. The number of anilines is 2. The second-order valence-electron chi connectivity index (χ2n) is 6.18. The Kier molecular flexibility index (Phi) is 5.89. The topological polar surface area (TPSA) is 114 Å². The molecule has 0 spiro atoms. The van der Waals surface area contributed by atoms with Crippen molar-refractivity contribution in [2.45, 2.75) is 11.8 Å². The summed E-state index contributed by atoms with van der Waals surface area (Å²) in [5, 5.41) is 15.0. The van der Waals surface area contributed by atoms with Crippen LogP contribution in [0.15, 0.2) is 82.8 Å². The van der Waals surface area contributed by atoms with E-state index in [9.17, 15) is 18.5 Å². The van der Waals surface area contributed by atoms with Crippen LogP contribution in [0.1, 0.15) is 11.1 Å². The van der Waals surface area contributed by atoms with Crippen molar-refractivity contribution in [2.24, 2.45) is 5.10 Å². The van der Waals surface area contributed by atoms with Crippen molar-refractivity contribution < 1.29 is 13.3 Å². The van der Waals surface area contributed by atoms with Gasteiger partial charge in [-0.1, -0.05) is 29.8 Å². The molecule has 0 saturated carbocycles. The molecule has 9 heteroatoms. The van der Waals surface area contributed by atoms with Gasteiger partial charge >= 0.3 is 0 Å². The Hall–Kier alpha value is -3.72. The third-order valence-corrected chi connectivity index (χ3v) is 5.40. The largest absolute Gasteiger partial charge is 0.280 e. The van der Waals surface area contributed by atoms with Crippen LogP contribution in [0.25, 0.3) is 0 Å². The monoisotopic (exact) mass is 410 g/mol. The van der Waals surface area contributed by atoms with Crippen molar-refractivity contribution in [3.63, 3.8) is 0 Å². The van der Waals surface area contributed by atoms with Crippen molar-refractivity contribution in [3.05, 3.63) is 94.0 Å². The molecule has 3 rings (SSSR count). The van der Waals surface area contributed by atoms with Crippen LogP contribution in [-0.2, 0) is 10.0 Å². The Morgan fingerprint density at radius 1 is 0.931 bits per heavy atom. The molecule has 0 aliphatic rings. The minimum absolute atomic E-state index is 0.0427. The van der Waals surface area contributed by atoms with E-state index in [2.05, 4.69) is 15.2 Å². The fraction of sp³-hybridized carbons (Fsp3) is 0.0500. The highest BCUT2D eigenvalue weighted by atomic mass is 32.2. The van der Waals surface area contributed by atoms with Crippen molar-refractivity contribution in [1.29, 1.82) is 0 Å². The number of hydrogen-bond acceptors (Lipinski definition) is 6. The summed E-state index contributed by atoms with van der Waals surface area (Å²) in [4.78, 5) is 10.7. The fourth-order valence-electron chi connectivity index (χ4n) is 2.48. The van der Waals surface area contributed by atoms with E-state index in [0.717, 1.165) is 5.56 Å². The molecule has 2 N–H and O–H groups in total. The number of rotatable bonds is 7. The van der Waals surface area contributed by atoms with E-state index in [1.807, 2.05) is 6.92 Å². The quantitative estimate of drug-likeness (QED) is 0.345. The number of nitro groups is 1. The van der Waals surface area contributed by atoms with E-state index in [1.54, 1.807) is 66.7 Å². The Labute approximate surface area is 168 Å². The van der Waals surface area contributed by atoms with Gasteiger partial charge in [-0.05, 0) is 49.4 Å². The zero-order valence-electron chi connectivity index (χ0n) is 15.4. The third-order valence-electron chi connectivity index (χ3n) is 4.00. The first-order valence-electron chi connectivity index (χ1n) is 8.57. The van der Waals surface area contributed by atoms with Gasteiger partial charge in [0.15, 0.2) is 0 Å². The lowest BCUT2D eigenvalue weighted by Gasteiger charge is -2.09. The van der Waals surface area contributed by atoms with Crippen LogP contribution in [-0.4, -0.2) is 19.6 Å². The first-order valence-corrected chi connectivity index (χ1v) is 10.1. The summed E-state index contributed by atoms with van der Waals surface area (Å²) in [7, 11) is -3.67. The number of benzene rings is 3. The summed E-state index contributed by atoms with van der Waals surface area (Å²) >= 11 is 0. The number of nitrogens with one attached hydrogen (secondary N) is 2. The number of aryl methyl sites for hydroxylation is 1. The normalized spacial score (nSPS) is 11.3. The van der Waals surface area contributed by atoms with Crippen LogP contribution >= 0.6 is 0 Å². The molecule has 0 aliphatic carbocycles. The molecule has 3 aromatic carbocycles. The molecule has 3 aromatic rings. The number of hydrazone groups is 1. The lowest BCUT2D eigenvalue weighted by atomic mass is 10.2. The maximum absolute atomic E-state index is 12.4. The van der Waals surface area contributed by atoms with Crippen LogP contribution in [0.2, 0.25) is 0 Å². The van der Waals surface area contributed by atoms with Crippen molar-refractivity contribution in [1.82, 2.24) is 0 Å². The number of para-hydroxylation sites is 1. The molecule has 0 bridgehead atoms. The molecule has 0 unspecified atom stereocenters. The van der Waals surface area contributed by atoms with Gasteiger partial charge in [0.25, 0.3) is 15.7 Å². The summed E-state index contributed by atoms with van der Waals surface area (Å²) in [6, 6.07) is 19.3. The molecule has 29 heavy (non-hydrogen) atoms. The van der Waals surface area contributed by atoms with Crippen LogP contribution in [0.4, 0.5) is 17.1 Å². The summed E-state index contributed by atoms with van der Waals surface area (Å²) in [5.41, 5.74) is 5.05. The fourth-order valence-corrected chi connectivity index (χ4v) is 3.54. The average molecular weight is 410 g/mol. The van der Waals surface area contributed by atoms with Crippen LogP contribution in [0.3, 0.4) is 0 Å². The van der Waals surface area contributed by atoms with Crippen LogP contribution in [0, 0.1) is 17.0 Å². The Morgan fingerprint density at radius 2 is 1.55 bits per heavy atom. The molecule has 0 amide bonds. The molecule has 0 heterocycles. The van der Waals surface area contributed by atoms with Crippen molar-refractivity contribution >= 4 is 33.3 Å². The first-order chi connectivity index (χ1) is 13.8. The van der Waals surface area contributed by atoms with E-state index < -0.39 is 14.9 Å². The van der Waals surface area contributed by atoms with E-state index >= 15 is 0 Å². The van der Waals surface area contributed by atoms with Gasteiger partial charge in [0.05, 0.1) is 27.3 Å². The highest BCUT2D eigenvalue weighted by Crippen LogP contribution is 2.19. The van der Waals surface area contributed by atoms with Gasteiger partial charge in [0, 0.05) is 11.8 Å². The zero-order chi connectivity index (χ0) is 20.9. The second-order valence-corrected chi connectivity index (χ2v) is 7.86. The third kappa shape index (κ3) is 5.17. The predicted molar refractivity (Wildman–Crippen MR) is 113 cm³/mol. The van der Waals surface area contributed by atoms with Gasteiger partial charge in [0.1, 0.15) is 0 Å². The van der Waals surface area contributed by atoms with E-state index in [4.69, 9.17) is 0 Å². The van der Waals surface area contributed by atoms with Gasteiger partial charge in [-0.2, -0.15) is 5.10 Å². The van der Waals surface area contributed by atoms with Crippen molar-refractivity contribution in [3.8, 4) is 0 Å². The van der Waals surface area contributed by atoms with Crippen LogP contribution in [0.5, 0.6) is 0 Å². The molecule has 0 aliphatic heterocycles. The number of nitro benzene ring substituents is 1. The summed E-state index contributed by atoms with van der Waals surface area (Å²) < 4.78 is 27.3. The lowest BCUT2D eigenvalue weighted by molar-refractivity contribution is -0.385. The molecular weight excluding hydrogens is 392 g/mol. The maximum Gasteiger partial charge on any atom is 0.278 e. The lowest BCUT2D eigenvalue weighted by Crippen LogP contribution is -2.12. The summed E-state index contributed by atoms with van der Waals surface area (Å²) in [6.07, 6.45) is 1.35. The minimum atomic E-state index is -3.67. The molecule has 0 radical (unpaired) electrons. The highest BCUT2D eigenvalue weighted by Gasteiger charge is 2.13. The van der Waals surface area contributed by atoms with E-state index in [-0.39, 0.29) is 10.6 Å². The highest BCUT2D eigenvalue weighted by molar-refractivity contribution is 7.92. The number of nitrogens with zero attached hydrogens (tertiary/aromatic N) is 2. The zero-order valence-corrected chi connectivity index (χ0v) is 16.3. The molecule has 0 saturated heterocycles. The van der Waals surface area contributed by atoms with Crippen molar-refractivity contribution in [2.75, 3.05) is 10.1 Å². The van der Waals surface area contributed by atoms with Gasteiger partial charge < -0.3 is 0 Å². The number of sulfonamides is 1. The van der Waals surface area contributed by atoms with Crippen LogP contribution < -0.4 is 10.1 Å². The Morgan fingerprint density at radius 3 is 2.21 bits per heavy atom. The van der Waals surface area contributed by atoms with E-state index in [0.29, 0.717) is 16.9 Å².